The summed E-state index contributed by atoms with van der Waals surface area (Å²) in [6, 6.07) is 28.4. The van der Waals surface area contributed by atoms with Crippen LogP contribution in [0, 0.1) is 6.07 Å². The van der Waals surface area contributed by atoms with Crippen LogP contribution in [0.3, 0.4) is 0 Å². The second-order valence-corrected chi connectivity index (χ2v) is 6.00. The maximum Gasteiger partial charge on any atom is 0.0607 e. The van der Waals surface area contributed by atoms with Crippen molar-refractivity contribution in [3.8, 4) is 22.4 Å². The quantitative estimate of drug-likeness (QED) is 0.280. The van der Waals surface area contributed by atoms with Gasteiger partial charge in [0.2, 0.25) is 0 Å². The van der Waals surface area contributed by atoms with Gasteiger partial charge in [-0.05, 0) is 22.9 Å². The molecule has 0 bridgehead atoms. The van der Waals surface area contributed by atoms with E-state index in [4.69, 9.17) is 4.98 Å². The molecule has 121 valence electrons. The van der Waals surface area contributed by atoms with Gasteiger partial charge in [0.05, 0.1) is 5.52 Å². The van der Waals surface area contributed by atoms with Crippen molar-refractivity contribution in [3.63, 3.8) is 0 Å². The Hall–Kier alpha value is -2.54. The van der Waals surface area contributed by atoms with E-state index in [1.54, 1.807) is 0 Å². The minimum Gasteiger partial charge on any atom is -0.296 e. The van der Waals surface area contributed by atoms with E-state index in [0.29, 0.717) is 0 Å². The topological polar surface area (TPSA) is 12.9 Å². The number of hydrogen-bond acceptors (Lipinski definition) is 1. The number of aromatic nitrogens is 1. The van der Waals surface area contributed by atoms with Gasteiger partial charge in [-0.15, -0.1) is 29.8 Å². The number of hydrogen-bond donors (Lipinski definition) is 0. The molecular formula is C23H14IrN-. The van der Waals surface area contributed by atoms with E-state index in [1.165, 1.54) is 22.1 Å². The van der Waals surface area contributed by atoms with Crippen molar-refractivity contribution in [3.05, 3.63) is 90.0 Å². The van der Waals surface area contributed by atoms with E-state index < -0.39 is 0 Å². The van der Waals surface area contributed by atoms with Crippen LogP contribution in [0.15, 0.2) is 72.8 Å². The van der Waals surface area contributed by atoms with Gasteiger partial charge in [-0.3, -0.25) is 4.98 Å². The monoisotopic (exact) mass is 497 g/mol. The first-order chi connectivity index (χ1) is 11.9. The maximum atomic E-state index is 4.92. The van der Waals surface area contributed by atoms with Crippen molar-refractivity contribution in [1.82, 2.24) is 4.98 Å². The number of nitrogens with zero attached hydrogens (tertiary/aromatic N) is 1. The fourth-order valence-electron chi connectivity index (χ4n) is 3.43. The smallest absolute Gasteiger partial charge is 0.0607 e. The Morgan fingerprint density at radius 3 is 2.48 bits per heavy atom. The standard InChI is InChI=1S/C23H14N.Ir/c1-2-7-16(8-3-1)19-10-4-5-11-20(19)22-15-18-14-13-17-9-6-12-21(24-22)23(17)18;/h1-10,12-15H;/q-1;. The summed E-state index contributed by atoms with van der Waals surface area (Å²) < 4.78 is 0. The fraction of sp³-hybridized carbons (Fsp3) is 0. The first kappa shape index (κ1) is 16.0. The van der Waals surface area contributed by atoms with E-state index in [0.717, 1.165) is 22.3 Å². The minimum absolute atomic E-state index is 0. The van der Waals surface area contributed by atoms with Crippen molar-refractivity contribution in [1.29, 1.82) is 0 Å². The van der Waals surface area contributed by atoms with Crippen LogP contribution in [0.5, 0.6) is 0 Å². The van der Waals surface area contributed by atoms with Crippen molar-refractivity contribution in [2.75, 3.05) is 0 Å². The van der Waals surface area contributed by atoms with Gasteiger partial charge in [-0.25, -0.2) is 0 Å². The van der Waals surface area contributed by atoms with Crippen LogP contribution >= 0.6 is 0 Å². The number of pyridine rings is 1. The second-order valence-electron chi connectivity index (χ2n) is 6.00. The summed E-state index contributed by atoms with van der Waals surface area (Å²) in [5.41, 5.74) is 7.90. The normalized spacial score (nSPS) is 11.5. The van der Waals surface area contributed by atoms with E-state index >= 15 is 0 Å². The minimum atomic E-state index is 0. The molecule has 1 aromatic heterocycles. The molecule has 0 N–H and O–H groups in total. The van der Waals surface area contributed by atoms with Crippen LogP contribution in [0.4, 0.5) is 0 Å². The molecule has 0 aliphatic heterocycles. The summed E-state index contributed by atoms with van der Waals surface area (Å²) >= 11 is 0. The molecule has 0 spiro atoms. The van der Waals surface area contributed by atoms with Gasteiger partial charge in [0.1, 0.15) is 0 Å². The third kappa shape index (κ3) is 2.64. The van der Waals surface area contributed by atoms with Gasteiger partial charge in [0.15, 0.2) is 0 Å². The molecule has 1 aliphatic carbocycles. The van der Waals surface area contributed by atoms with Gasteiger partial charge in [0, 0.05) is 25.5 Å². The third-order valence-electron chi connectivity index (χ3n) is 4.54. The average molecular weight is 497 g/mol. The van der Waals surface area contributed by atoms with Gasteiger partial charge in [-0.1, -0.05) is 71.8 Å². The molecule has 0 atom stereocenters. The Morgan fingerprint density at radius 1 is 0.760 bits per heavy atom. The Kier molecular flexibility index (Phi) is 4.09. The predicted octanol–water partition coefficient (Wildman–Crippen LogP) is 5.85. The largest absolute Gasteiger partial charge is 0.296 e. The van der Waals surface area contributed by atoms with Crippen molar-refractivity contribution in [2.24, 2.45) is 0 Å². The number of benzene rings is 3. The molecule has 1 radical (unpaired) electrons. The van der Waals surface area contributed by atoms with Gasteiger partial charge < -0.3 is 0 Å². The zero-order valence-electron chi connectivity index (χ0n) is 13.4. The molecule has 0 amide bonds. The van der Waals surface area contributed by atoms with Crippen molar-refractivity contribution >= 4 is 23.1 Å². The van der Waals surface area contributed by atoms with Crippen LogP contribution in [0.1, 0.15) is 11.1 Å². The predicted molar refractivity (Wildman–Crippen MR) is 100 cm³/mol. The van der Waals surface area contributed by atoms with E-state index in [-0.39, 0.29) is 20.1 Å². The van der Waals surface area contributed by atoms with E-state index in [1.807, 2.05) is 18.2 Å². The molecular weight excluding hydrogens is 482 g/mol. The summed E-state index contributed by atoms with van der Waals surface area (Å²) in [7, 11) is 0. The molecule has 3 aromatic carbocycles. The zero-order valence-corrected chi connectivity index (χ0v) is 15.8. The second kappa shape index (κ2) is 6.40. The van der Waals surface area contributed by atoms with Gasteiger partial charge in [-0.2, -0.15) is 0 Å². The Morgan fingerprint density at radius 2 is 1.60 bits per heavy atom. The molecule has 2 heteroatoms. The molecule has 0 unspecified atom stereocenters. The summed E-state index contributed by atoms with van der Waals surface area (Å²) in [6.45, 7) is 0. The third-order valence-corrected chi connectivity index (χ3v) is 4.54. The first-order valence-electron chi connectivity index (χ1n) is 8.08. The Balaban J connectivity index is 0.00000157. The van der Waals surface area contributed by atoms with Gasteiger partial charge >= 0.3 is 0 Å². The fourth-order valence-corrected chi connectivity index (χ4v) is 3.43. The molecule has 0 fully saturated rings. The molecule has 0 saturated carbocycles. The van der Waals surface area contributed by atoms with Crippen molar-refractivity contribution < 1.29 is 20.1 Å². The molecule has 4 aromatic rings. The summed E-state index contributed by atoms with van der Waals surface area (Å²) in [6.07, 6.45) is 4.34. The zero-order chi connectivity index (χ0) is 15.9. The van der Waals surface area contributed by atoms with Crippen molar-refractivity contribution in [2.45, 2.75) is 0 Å². The summed E-state index contributed by atoms with van der Waals surface area (Å²) in [5.74, 6) is 0. The molecule has 1 nitrogen and oxygen atoms in total. The van der Waals surface area contributed by atoms with E-state index in [9.17, 15) is 0 Å². The average Bonchev–Trinajstić information content (AvgIpc) is 3.07. The molecule has 25 heavy (non-hydrogen) atoms. The van der Waals surface area contributed by atoms with Crippen LogP contribution in [0.2, 0.25) is 0 Å². The summed E-state index contributed by atoms with van der Waals surface area (Å²) in [5, 5.41) is 1.25. The van der Waals surface area contributed by atoms with Crippen LogP contribution in [-0.4, -0.2) is 4.98 Å². The molecule has 1 heterocycles. The summed E-state index contributed by atoms with van der Waals surface area (Å²) in [4.78, 5) is 4.92. The van der Waals surface area contributed by atoms with Crippen LogP contribution in [0.25, 0.3) is 45.4 Å². The molecule has 0 saturated heterocycles. The Bertz CT molecular complexity index is 1100. The van der Waals surface area contributed by atoms with E-state index in [2.05, 4.69) is 72.8 Å². The van der Waals surface area contributed by atoms with Gasteiger partial charge in [0.25, 0.3) is 0 Å². The Labute approximate surface area is 160 Å². The van der Waals surface area contributed by atoms with Crippen LogP contribution in [-0.2, 0) is 20.1 Å². The molecule has 1 aliphatic rings. The SMILES string of the molecule is [Ir].[c-]1cccc(-c2ccccc2)c1-c1cc2c3c(cccc3n1)C=C2. The first-order valence-corrected chi connectivity index (χ1v) is 8.08. The molecule has 5 rings (SSSR count). The van der Waals surface area contributed by atoms with Crippen LogP contribution < -0.4 is 0 Å². The maximum absolute atomic E-state index is 4.92. The number of rotatable bonds is 2.